The van der Waals surface area contributed by atoms with Gasteiger partial charge in [0.05, 0.1) is 13.2 Å². The molecular formula is C15H29NO2. The van der Waals surface area contributed by atoms with Gasteiger partial charge in [0.25, 0.3) is 0 Å². The minimum atomic E-state index is -0.0980. The SMILES string of the molecule is CCCCOC(=O)CNC1CCC(CCC)CC1. The lowest BCUT2D eigenvalue weighted by molar-refractivity contribution is -0.142. The average Bonchev–Trinajstić information content (AvgIpc) is 2.39. The van der Waals surface area contributed by atoms with Crippen LogP contribution in [0.2, 0.25) is 0 Å². The van der Waals surface area contributed by atoms with Gasteiger partial charge in [0, 0.05) is 6.04 Å². The summed E-state index contributed by atoms with van der Waals surface area (Å²) in [4.78, 5) is 11.4. The highest BCUT2D eigenvalue weighted by molar-refractivity contribution is 5.71. The Balaban J connectivity index is 2.04. The monoisotopic (exact) mass is 255 g/mol. The van der Waals surface area contributed by atoms with E-state index < -0.39 is 0 Å². The van der Waals surface area contributed by atoms with Gasteiger partial charge in [-0.1, -0.05) is 33.1 Å². The third-order valence-electron chi connectivity index (χ3n) is 3.84. The molecule has 0 heterocycles. The van der Waals surface area contributed by atoms with Crippen LogP contribution in [0.5, 0.6) is 0 Å². The fraction of sp³-hybridized carbons (Fsp3) is 0.933. The molecule has 1 saturated carbocycles. The second kappa shape index (κ2) is 9.37. The zero-order valence-corrected chi connectivity index (χ0v) is 12.0. The fourth-order valence-electron chi connectivity index (χ4n) is 2.67. The van der Waals surface area contributed by atoms with Gasteiger partial charge in [0.2, 0.25) is 0 Å². The molecule has 1 N–H and O–H groups in total. The van der Waals surface area contributed by atoms with Crippen molar-refractivity contribution in [3.63, 3.8) is 0 Å². The van der Waals surface area contributed by atoms with E-state index in [1.54, 1.807) is 0 Å². The lowest BCUT2D eigenvalue weighted by Gasteiger charge is -2.28. The van der Waals surface area contributed by atoms with Gasteiger partial charge in [0.15, 0.2) is 0 Å². The van der Waals surface area contributed by atoms with Crippen molar-refractivity contribution in [1.29, 1.82) is 0 Å². The molecule has 0 bridgehead atoms. The van der Waals surface area contributed by atoms with E-state index in [4.69, 9.17) is 4.74 Å². The number of carbonyl (C=O) groups excluding carboxylic acids is 1. The number of hydrogen-bond acceptors (Lipinski definition) is 3. The van der Waals surface area contributed by atoms with Gasteiger partial charge in [-0.25, -0.2) is 0 Å². The summed E-state index contributed by atoms with van der Waals surface area (Å²) in [6, 6.07) is 0.525. The Bertz CT molecular complexity index is 223. The Morgan fingerprint density at radius 3 is 2.50 bits per heavy atom. The van der Waals surface area contributed by atoms with E-state index in [1.165, 1.54) is 38.5 Å². The molecule has 0 aliphatic heterocycles. The van der Waals surface area contributed by atoms with Crippen LogP contribution in [0.4, 0.5) is 0 Å². The van der Waals surface area contributed by atoms with Crippen molar-refractivity contribution in [3.8, 4) is 0 Å². The molecule has 18 heavy (non-hydrogen) atoms. The number of unbranched alkanes of at least 4 members (excludes halogenated alkanes) is 1. The van der Waals surface area contributed by atoms with Crippen molar-refractivity contribution in [1.82, 2.24) is 5.32 Å². The van der Waals surface area contributed by atoms with E-state index in [0.717, 1.165) is 18.8 Å². The predicted molar refractivity (Wildman–Crippen MR) is 74.5 cm³/mol. The standard InChI is InChI=1S/C15H29NO2/c1-3-5-11-18-15(17)12-16-14-9-7-13(6-4-2)8-10-14/h13-14,16H,3-12H2,1-2H3. The fourth-order valence-corrected chi connectivity index (χ4v) is 2.67. The van der Waals surface area contributed by atoms with Crippen molar-refractivity contribution in [2.75, 3.05) is 13.2 Å². The normalized spacial score (nSPS) is 23.9. The second-order valence-corrected chi connectivity index (χ2v) is 5.46. The van der Waals surface area contributed by atoms with Crippen molar-refractivity contribution < 1.29 is 9.53 Å². The minimum Gasteiger partial charge on any atom is -0.465 e. The highest BCUT2D eigenvalue weighted by Crippen LogP contribution is 2.27. The van der Waals surface area contributed by atoms with Gasteiger partial charge in [0.1, 0.15) is 0 Å². The Kier molecular flexibility index (Phi) is 8.06. The summed E-state index contributed by atoms with van der Waals surface area (Å²) in [7, 11) is 0. The topological polar surface area (TPSA) is 38.3 Å². The van der Waals surface area contributed by atoms with E-state index in [-0.39, 0.29) is 5.97 Å². The molecule has 1 aliphatic rings. The van der Waals surface area contributed by atoms with Crippen molar-refractivity contribution >= 4 is 5.97 Å². The van der Waals surface area contributed by atoms with Crippen LogP contribution in [0.3, 0.4) is 0 Å². The molecular weight excluding hydrogens is 226 g/mol. The number of hydrogen-bond donors (Lipinski definition) is 1. The largest absolute Gasteiger partial charge is 0.465 e. The van der Waals surface area contributed by atoms with Crippen LogP contribution in [0, 0.1) is 5.92 Å². The Hall–Kier alpha value is -0.570. The molecule has 0 amide bonds. The highest BCUT2D eigenvalue weighted by Gasteiger charge is 2.20. The zero-order chi connectivity index (χ0) is 13.2. The minimum absolute atomic E-state index is 0.0980. The predicted octanol–water partition coefficient (Wildman–Crippen LogP) is 3.28. The van der Waals surface area contributed by atoms with Crippen LogP contribution in [-0.2, 0) is 9.53 Å². The average molecular weight is 255 g/mol. The molecule has 0 aromatic heterocycles. The first-order valence-electron chi connectivity index (χ1n) is 7.65. The van der Waals surface area contributed by atoms with Gasteiger partial charge in [-0.2, -0.15) is 0 Å². The molecule has 1 rings (SSSR count). The molecule has 3 heteroatoms. The van der Waals surface area contributed by atoms with Gasteiger partial charge >= 0.3 is 5.97 Å². The smallest absolute Gasteiger partial charge is 0.319 e. The zero-order valence-electron chi connectivity index (χ0n) is 12.0. The van der Waals surface area contributed by atoms with Gasteiger partial charge < -0.3 is 10.1 Å². The summed E-state index contributed by atoms with van der Waals surface area (Å²) in [5.41, 5.74) is 0. The number of rotatable bonds is 8. The van der Waals surface area contributed by atoms with E-state index in [0.29, 0.717) is 19.2 Å². The summed E-state index contributed by atoms with van der Waals surface area (Å²) in [5.74, 6) is 0.823. The molecule has 0 aromatic rings. The van der Waals surface area contributed by atoms with Crippen molar-refractivity contribution in [2.45, 2.75) is 71.3 Å². The summed E-state index contributed by atoms with van der Waals surface area (Å²) >= 11 is 0. The number of carbonyl (C=O) groups is 1. The van der Waals surface area contributed by atoms with Gasteiger partial charge in [-0.15, -0.1) is 0 Å². The maximum atomic E-state index is 11.4. The van der Waals surface area contributed by atoms with E-state index in [1.807, 2.05) is 0 Å². The molecule has 0 spiro atoms. The van der Waals surface area contributed by atoms with Gasteiger partial charge in [-0.05, 0) is 38.0 Å². The second-order valence-electron chi connectivity index (χ2n) is 5.46. The van der Waals surface area contributed by atoms with Crippen LogP contribution < -0.4 is 5.32 Å². The number of esters is 1. The van der Waals surface area contributed by atoms with Crippen LogP contribution in [0.1, 0.15) is 65.2 Å². The van der Waals surface area contributed by atoms with Crippen molar-refractivity contribution in [3.05, 3.63) is 0 Å². The molecule has 0 radical (unpaired) electrons. The highest BCUT2D eigenvalue weighted by atomic mass is 16.5. The third kappa shape index (κ3) is 6.39. The van der Waals surface area contributed by atoms with Crippen LogP contribution in [0.15, 0.2) is 0 Å². The Morgan fingerprint density at radius 2 is 1.89 bits per heavy atom. The van der Waals surface area contributed by atoms with Crippen LogP contribution >= 0.6 is 0 Å². The third-order valence-corrected chi connectivity index (χ3v) is 3.84. The first-order chi connectivity index (χ1) is 8.76. The molecule has 1 aliphatic carbocycles. The first kappa shape index (κ1) is 15.5. The molecule has 106 valence electrons. The molecule has 3 nitrogen and oxygen atoms in total. The summed E-state index contributed by atoms with van der Waals surface area (Å²) in [5, 5.41) is 3.34. The lowest BCUT2D eigenvalue weighted by Crippen LogP contribution is -2.37. The molecule has 1 fully saturated rings. The quantitative estimate of drug-likeness (QED) is 0.534. The lowest BCUT2D eigenvalue weighted by atomic mass is 9.83. The first-order valence-corrected chi connectivity index (χ1v) is 7.65. The molecule has 0 unspecified atom stereocenters. The number of nitrogens with one attached hydrogen (secondary N) is 1. The van der Waals surface area contributed by atoms with Gasteiger partial charge in [-0.3, -0.25) is 4.79 Å². The van der Waals surface area contributed by atoms with E-state index >= 15 is 0 Å². The Labute approximate surface area is 112 Å². The number of ether oxygens (including phenoxy) is 1. The van der Waals surface area contributed by atoms with Crippen LogP contribution in [0.25, 0.3) is 0 Å². The maximum Gasteiger partial charge on any atom is 0.319 e. The molecule has 0 saturated heterocycles. The van der Waals surface area contributed by atoms with E-state index in [2.05, 4.69) is 19.2 Å². The summed E-state index contributed by atoms with van der Waals surface area (Å²) < 4.78 is 5.13. The molecule has 0 atom stereocenters. The molecule has 0 aromatic carbocycles. The summed E-state index contributed by atoms with van der Waals surface area (Å²) in [6.07, 6.45) is 9.76. The Morgan fingerprint density at radius 1 is 1.17 bits per heavy atom. The maximum absolute atomic E-state index is 11.4. The van der Waals surface area contributed by atoms with Crippen LogP contribution in [-0.4, -0.2) is 25.2 Å². The summed E-state index contributed by atoms with van der Waals surface area (Å²) in [6.45, 7) is 5.31. The van der Waals surface area contributed by atoms with Crippen molar-refractivity contribution in [2.24, 2.45) is 5.92 Å². The van der Waals surface area contributed by atoms with E-state index in [9.17, 15) is 4.79 Å².